The topological polar surface area (TPSA) is 98.5 Å². The molecule has 2 rings (SSSR count). The highest BCUT2D eigenvalue weighted by Crippen LogP contribution is 2.30. The van der Waals surface area contributed by atoms with Gasteiger partial charge < -0.3 is 4.74 Å². The summed E-state index contributed by atoms with van der Waals surface area (Å²) in [6.07, 6.45) is 0. The van der Waals surface area contributed by atoms with Crippen LogP contribution >= 0.6 is 0 Å². The first-order valence-corrected chi connectivity index (χ1v) is 7.85. The molecule has 0 saturated carbocycles. The molecule has 0 aliphatic carbocycles. The Balaban J connectivity index is 2.50. The maximum absolute atomic E-state index is 13.4. The summed E-state index contributed by atoms with van der Waals surface area (Å²) in [7, 11) is -2.93. The van der Waals surface area contributed by atoms with E-state index < -0.39 is 25.7 Å². The van der Waals surface area contributed by atoms with E-state index in [9.17, 15) is 22.9 Å². The van der Waals surface area contributed by atoms with Crippen molar-refractivity contribution < 1.29 is 22.5 Å². The van der Waals surface area contributed by atoms with Crippen molar-refractivity contribution in [2.45, 2.75) is 11.8 Å². The normalized spacial score (nSPS) is 11.1. The van der Waals surface area contributed by atoms with Gasteiger partial charge in [-0.3, -0.25) is 14.8 Å². The number of sulfonamides is 1. The first-order chi connectivity index (χ1) is 10.8. The predicted octanol–water partition coefficient (Wildman–Crippen LogP) is 2.85. The fourth-order valence-electron chi connectivity index (χ4n) is 1.99. The number of halogens is 1. The number of nitro benzene ring substituents is 1. The minimum atomic E-state index is -4.18. The van der Waals surface area contributed by atoms with Crippen LogP contribution in [0.5, 0.6) is 5.75 Å². The minimum absolute atomic E-state index is 0.0329. The zero-order valence-corrected chi connectivity index (χ0v) is 13.1. The van der Waals surface area contributed by atoms with Crippen molar-refractivity contribution in [3.05, 3.63) is 57.9 Å². The highest BCUT2D eigenvalue weighted by molar-refractivity contribution is 7.92. The molecule has 2 aromatic carbocycles. The van der Waals surface area contributed by atoms with Crippen LogP contribution in [-0.4, -0.2) is 20.5 Å². The van der Waals surface area contributed by atoms with E-state index in [1.165, 1.54) is 38.3 Å². The lowest BCUT2D eigenvalue weighted by atomic mass is 10.2. The van der Waals surface area contributed by atoms with Crippen LogP contribution in [-0.2, 0) is 10.0 Å². The maximum Gasteiger partial charge on any atom is 0.274 e. The molecule has 9 heteroatoms. The van der Waals surface area contributed by atoms with Crippen molar-refractivity contribution >= 4 is 21.4 Å². The van der Waals surface area contributed by atoms with Gasteiger partial charge in [0.2, 0.25) is 0 Å². The minimum Gasteiger partial charge on any atom is -0.495 e. The molecule has 7 nitrogen and oxygen atoms in total. The quantitative estimate of drug-likeness (QED) is 0.666. The van der Waals surface area contributed by atoms with E-state index in [0.29, 0.717) is 0 Å². The molecule has 122 valence electrons. The van der Waals surface area contributed by atoms with E-state index in [2.05, 4.69) is 4.72 Å². The average Bonchev–Trinajstić information content (AvgIpc) is 2.49. The number of nitrogens with one attached hydrogen (secondary N) is 1. The Hall–Kier alpha value is -2.68. The van der Waals surface area contributed by atoms with Crippen molar-refractivity contribution in [2.24, 2.45) is 0 Å². The molecule has 0 atom stereocenters. The maximum atomic E-state index is 13.4. The summed E-state index contributed by atoms with van der Waals surface area (Å²) in [5.74, 6) is -0.788. The first-order valence-electron chi connectivity index (χ1n) is 6.36. The molecule has 0 aliphatic rings. The van der Waals surface area contributed by atoms with Gasteiger partial charge in [-0.15, -0.1) is 0 Å². The van der Waals surface area contributed by atoms with Gasteiger partial charge in [0.1, 0.15) is 16.5 Å². The second kappa shape index (κ2) is 6.21. The predicted molar refractivity (Wildman–Crippen MR) is 81.6 cm³/mol. The molecule has 0 aliphatic heterocycles. The van der Waals surface area contributed by atoms with Crippen LogP contribution in [0.2, 0.25) is 0 Å². The number of nitrogens with zero attached hydrogens (tertiary/aromatic N) is 1. The summed E-state index contributed by atoms with van der Waals surface area (Å²) in [5.41, 5.74) is -0.0432. The van der Waals surface area contributed by atoms with Crippen molar-refractivity contribution in [2.75, 3.05) is 11.8 Å². The van der Waals surface area contributed by atoms with Gasteiger partial charge in [-0.05, 0) is 31.2 Å². The number of rotatable bonds is 5. The Bertz CT molecular complexity index is 867. The van der Waals surface area contributed by atoms with E-state index in [1.807, 2.05) is 0 Å². The van der Waals surface area contributed by atoms with Crippen molar-refractivity contribution in [3.8, 4) is 5.75 Å². The number of hydrogen-bond acceptors (Lipinski definition) is 5. The van der Waals surface area contributed by atoms with Gasteiger partial charge in [0, 0.05) is 6.07 Å². The lowest BCUT2D eigenvalue weighted by Gasteiger charge is -2.13. The third-order valence-electron chi connectivity index (χ3n) is 3.16. The molecule has 0 saturated heterocycles. The highest BCUT2D eigenvalue weighted by atomic mass is 32.2. The van der Waals surface area contributed by atoms with E-state index in [-0.39, 0.29) is 22.7 Å². The Labute approximate surface area is 131 Å². The van der Waals surface area contributed by atoms with Crippen LogP contribution in [0.1, 0.15) is 5.56 Å². The summed E-state index contributed by atoms with van der Waals surface area (Å²) in [4.78, 5) is 9.90. The molecule has 0 fully saturated rings. The van der Waals surface area contributed by atoms with Crippen LogP contribution in [0.4, 0.5) is 15.8 Å². The number of anilines is 1. The molecule has 0 amide bonds. The van der Waals surface area contributed by atoms with Gasteiger partial charge in [0.05, 0.1) is 23.3 Å². The molecule has 23 heavy (non-hydrogen) atoms. The van der Waals surface area contributed by atoms with Crippen LogP contribution in [0.3, 0.4) is 0 Å². The van der Waals surface area contributed by atoms with E-state index in [1.54, 1.807) is 0 Å². The van der Waals surface area contributed by atoms with Crippen LogP contribution in [0.25, 0.3) is 0 Å². The standard InChI is InChI=1S/C14H13FN2O5S/c1-9-11(4-3-5-12(9)17(18)19)16-23(20,21)14-8-10(15)6-7-13(14)22-2/h3-8,16H,1-2H3. The summed E-state index contributed by atoms with van der Waals surface area (Å²) >= 11 is 0. The van der Waals surface area contributed by atoms with Crippen LogP contribution < -0.4 is 9.46 Å². The lowest BCUT2D eigenvalue weighted by molar-refractivity contribution is -0.385. The molecular formula is C14H13FN2O5S. The van der Waals surface area contributed by atoms with E-state index in [0.717, 1.165) is 12.1 Å². The summed E-state index contributed by atoms with van der Waals surface area (Å²) in [6, 6.07) is 7.06. The second-order valence-corrected chi connectivity index (χ2v) is 6.26. The third kappa shape index (κ3) is 3.39. The van der Waals surface area contributed by atoms with Crippen LogP contribution in [0.15, 0.2) is 41.3 Å². The molecule has 0 aromatic heterocycles. The van der Waals surface area contributed by atoms with Gasteiger partial charge >= 0.3 is 0 Å². The number of ether oxygens (including phenoxy) is 1. The Morgan fingerprint density at radius 3 is 2.57 bits per heavy atom. The Kier molecular flexibility index (Phi) is 4.50. The smallest absolute Gasteiger partial charge is 0.274 e. The molecule has 1 N–H and O–H groups in total. The summed E-state index contributed by atoms with van der Waals surface area (Å²) < 4.78 is 45.4. The zero-order chi connectivity index (χ0) is 17.2. The number of nitro groups is 1. The zero-order valence-electron chi connectivity index (χ0n) is 12.2. The van der Waals surface area contributed by atoms with Gasteiger partial charge in [-0.2, -0.15) is 0 Å². The monoisotopic (exact) mass is 340 g/mol. The molecule has 0 spiro atoms. The van der Waals surface area contributed by atoms with Crippen molar-refractivity contribution in [1.29, 1.82) is 0 Å². The number of methoxy groups -OCH3 is 1. The Morgan fingerprint density at radius 2 is 1.96 bits per heavy atom. The van der Waals surface area contributed by atoms with Crippen LogP contribution in [0, 0.1) is 22.9 Å². The molecular weight excluding hydrogens is 327 g/mol. The fraction of sp³-hybridized carbons (Fsp3) is 0.143. The van der Waals surface area contributed by atoms with Gasteiger partial charge in [-0.25, -0.2) is 12.8 Å². The number of benzene rings is 2. The Morgan fingerprint density at radius 1 is 1.26 bits per heavy atom. The van der Waals surface area contributed by atoms with Gasteiger partial charge in [0.15, 0.2) is 0 Å². The average molecular weight is 340 g/mol. The van der Waals surface area contributed by atoms with Crippen molar-refractivity contribution in [1.82, 2.24) is 0 Å². The molecule has 0 unspecified atom stereocenters. The molecule has 0 heterocycles. The first kappa shape index (κ1) is 16.7. The van der Waals surface area contributed by atoms with Gasteiger partial charge in [-0.1, -0.05) is 6.07 Å². The number of hydrogen-bond donors (Lipinski definition) is 1. The van der Waals surface area contributed by atoms with Crippen molar-refractivity contribution in [3.63, 3.8) is 0 Å². The third-order valence-corrected chi connectivity index (χ3v) is 4.55. The summed E-state index contributed by atoms with van der Waals surface area (Å²) in [6.45, 7) is 1.42. The molecule has 2 aromatic rings. The molecule has 0 radical (unpaired) electrons. The van der Waals surface area contributed by atoms with E-state index >= 15 is 0 Å². The SMILES string of the molecule is COc1ccc(F)cc1S(=O)(=O)Nc1cccc([N+](=O)[O-])c1C. The second-order valence-electron chi connectivity index (χ2n) is 4.61. The lowest BCUT2D eigenvalue weighted by Crippen LogP contribution is -2.15. The fourth-order valence-corrected chi connectivity index (χ4v) is 3.30. The highest BCUT2D eigenvalue weighted by Gasteiger charge is 2.23. The largest absolute Gasteiger partial charge is 0.495 e. The summed E-state index contributed by atoms with van der Waals surface area (Å²) in [5, 5.41) is 10.9. The molecule has 0 bridgehead atoms. The van der Waals surface area contributed by atoms with E-state index in [4.69, 9.17) is 4.74 Å². The van der Waals surface area contributed by atoms with Gasteiger partial charge in [0.25, 0.3) is 15.7 Å².